The van der Waals surface area contributed by atoms with E-state index < -0.39 is 17.5 Å². The van der Waals surface area contributed by atoms with Crippen molar-refractivity contribution in [2.24, 2.45) is 0 Å². The van der Waals surface area contributed by atoms with E-state index in [1.54, 1.807) is 24.3 Å². The number of hydrogen-bond acceptors (Lipinski definition) is 3. The van der Waals surface area contributed by atoms with Crippen molar-refractivity contribution in [3.05, 3.63) is 29.3 Å². The minimum absolute atomic E-state index is 0.0314. The summed E-state index contributed by atoms with van der Waals surface area (Å²) in [6.45, 7) is 0.282. The summed E-state index contributed by atoms with van der Waals surface area (Å²) in [7, 11) is 0. The number of benzene rings is 1. The SMILES string of the molecule is O=C(Nc1ccc(Cl)cc1)NC1(C(=O)O)CCOC1. The van der Waals surface area contributed by atoms with Crippen molar-refractivity contribution in [1.29, 1.82) is 0 Å². The van der Waals surface area contributed by atoms with E-state index in [9.17, 15) is 14.7 Å². The van der Waals surface area contributed by atoms with Crippen molar-refractivity contribution in [1.82, 2.24) is 5.32 Å². The van der Waals surface area contributed by atoms with E-state index in [1.165, 1.54) is 0 Å². The number of carboxylic acids is 1. The molecule has 0 aliphatic carbocycles. The number of amides is 2. The molecule has 2 rings (SSSR count). The molecule has 1 unspecified atom stereocenters. The monoisotopic (exact) mass is 284 g/mol. The molecule has 7 heteroatoms. The van der Waals surface area contributed by atoms with Crippen molar-refractivity contribution < 1.29 is 19.4 Å². The van der Waals surface area contributed by atoms with E-state index in [0.29, 0.717) is 17.3 Å². The molecule has 102 valence electrons. The molecule has 6 nitrogen and oxygen atoms in total. The second-order valence-electron chi connectivity index (χ2n) is 4.28. The summed E-state index contributed by atoms with van der Waals surface area (Å²) >= 11 is 5.73. The van der Waals surface area contributed by atoms with E-state index in [4.69, 9.17) is 16.3 Å². The summed E-state index contributed by atoms with van der Waals surface area (Å²) in [6, 6.07) is 5.92. The van der Waals surface area contributed by atoms with Crippen molar-refractivity contribution >= 4 is 29.3 Å². The molecular formula is C12H13ClN2O4. The number of carbonyl (C=O) groups excluding carboxylic acids is 1. The first-order valence-electron chi connectivity index (χ1n) is 5.68. The molecule has 0 bridgehead atoms. The third kappa shape index (κ3) is 3.15. The number of ether oxygens (including phenoxy) is 1. The van der Waals surface area contributed by atoms with Gasteiger partial charge in [0, 0.05) is 23.7 Å². The molecule has 0 spiro atoms. The van der Waals surface area contributed by atoms with Gasteiger partial charge in [0.05, 0.1) is 6.61 Å². The van der Waals surface area contributed by atoms with Gasteiger partial charge < -0.3 is 20.5 Å². The molecule has 0 radical (unpaired) electrons. The molecule has 1 atom stereocenters. The quantitative estimate of drug-likeness (QED) is 0.788. The van der Waals surface area contributed by atoms with E-state index in [2.05, 4.69) is 10.6 Å². The van der Waals surface area contributed by atoms with Gasteiger partial charge in [-0.1, -0.05) is 11.6 Å². The Hall–Kier alpha value is -1.79. The van der Waals surface area contributed by atoms with Crippen LogP contribution in [0.2, 0.25) is 5.02 Å². The Morgan fingerprint density at radius 1 is 1.32 bits per heavy atom. The van der Waals surface area contributed by atoms with Gasteiger partial charge in [0.15, 0.2) is 5.54 Å². The fourth-order valence-corrected chi connectivity index (χ4v) is 1.92. The molecule has 0 saturated carbocycles. The van der Waals surface area contributed by atoms with E-state index in [1.807, 2.05) is 0 Å². The molecule has 3 N–H and O–H groups in total. The number of nitrogens with one attached hydrogen (secondary N) is 2. The summed E-state index contributed by atoms with van der Waals surface area (Å²) in [5, 5.41) is 14.7. The third-order valence-electron chi connectivity index (χ3n) is 2.89. The number of carbonyl (C=O) groups is 2. The summed E-state index contributed by atoms with van der Waals surface area (Å²) < 4.78 is 5.05. The van der Waals surface area contributed by atoms with Crippen LogP contribution in [0.4, 0.5) is 10.5 Å². The van der Waals surface area contributed by atoms with Crippen LogP contribution in [0.15, 0.2) is 24.3 Å². The van der Waals surface area contributed by atoms with Crippen LogP contribution in [0, 0.1) is 0 Å². The Morgan fingerprint density at radius 3 is 2.53 bits per heavy atom. The van der Waals surface area contributed by atoms with E-state index in [-0.39, 0.29) is 13.0 Å². The van der Waals surface area contributed by atoms with Crippen LogP contribution in [0.5, 0.6) is 0 Å². The predicted molar refractivity (Wildman–Crippen MR) is 69.4 cm³/mol. The molecule has 1 saturated heterocycles. The van der Waals surface area contributed by atoms with Crippen LogP contribution in [0.25, 0.3) is 0 Å². The standard InChI is InChI=1S/C12H13ClN2O4/c13-8-1-3-9(4-2-8)14-11(18)15-12(10(16)17)5-6-19-7-12/h1-4H,5-7H2,(H,16,17)(H2,14,15,18). The first-order valence-corrected chi connectivity index (χ1v) is 6.05. The van der Waals surface area contributed by atoms with Gasteiger partial charge in [-0.2, -0.15) is 0 Å². The lowest BCUT2D eigenvalue weighted by Gasteiger charge is -2.23. The molecule has 19 heavy (non-hydrogen) atoms. The maximum absolute atomic E-state index is 11.8. The number of halogens is 1. The molecule has 1 aromatic carbocycles. The smallest absolute Gasteiger partial charge is 0.332 e. The van der Waals surface area contributed by atoms with Crippen LogP contribution >= 0.6 is 11.6 Å². The first kappa shape index (κ1) is 13.6. The van der Waals surface area contributed by atoms with Crippen LogP contribution in [0.1, 0.15) is 6.42 Å². The summed E-state index contributed by atoms with van der Waals surface area (Å²) in [5.74, 6) is -1.10. The van der Waals surface area contributed by atoms with Gasteiger partial charge in [0.25, 0.3) is 0 Å². The number of anilines is 1. The van der Waals surface area contributed by atoms with Crippen LogP contribution in [-0.4, -0.2) is 35.9 Å². The third-order valence-corrected chi connectivity index (χ3v) is 3.14. The summed E-state index contributed by atoms with van der Waals surface area (Å²) in [6.07, 6.45) is 0.246. The minimum atomic E-state index is -1.35. The van der Waals surface area contributed by atoms with Crippen LogP contribution < -0.4 is 10.6 Å². The number of carboxylic acid groups (broad SMARTS) is 1. The zero-order chi connectivity index (χ0) is 13.9. The van der Waals surface area contributed by atoms with Gasteiger partial charge in [-0.05, 0) is 24.3 Å². The van der Waals surface area contributed by atoms with Gasteiger partial charge in [0.2, 0.25) is 0 Å². The van der Waals surface area contributed by atoms with E-state index in [0.717, 1.165) is 0 Å². The number of rotatable bonds is 3. The Kier molecular flexibility index (Phi) is 3.92. The average Bonchev–Trinajstić information content (AvgIpc) is 2.82. The molecule has 2 amide bonds. The molecule has 1 aromatic rings. The van der Waals surface area contributed by atoms with Gasteiger partial charge in [-0.15, -0.1) is 0 Å². The van der Waals surface area contributed by atoms with Gasteiger partial charge in [-0.25, -0.2) is 9.59 Å². The maximum atomic E-state index is 11.8. The van der Waals surface area contributed by atoms with Crippen LogP contribution in [0.3, 0.4) is 0 Å². The fraction of sp³-hybridized carbons (Fsp3) is 0.333. The van der Waals surface area contributed by atoms with Crippen molar-refractivity contribution in [3.63, 3.8) is 0 Å². The fourth-order valence-electron chi connectivity index (χ4n) is 1.80. The van der Waals surface area contributed by atoms with Crippen molar-refractivity contribution in [3.8, 4) is 0 Å². The van der Waals surface area contributed by atoms with Gasteiger partial charge in [0.1, 0.15) is 0 Å². The number of aliphatic carboxylic acids is 1. The maximum Gasteiger partial charge on any atom is 0.332 e. The largest absolute Gasteiger partial charge is 0.479 e. The molecule has 1 aliphatic rings. The predicted octanol–water partition coefficient (Wildman–Crippen LogP) is 1.71. The lowest BCUT2D eigenvalue weighted by molar-refractivity contribution is -0.144. The van der Waals surface area contributed by atoms with E-state index >= 15 is 0 Å². The normalized spacial score (nSPS) is 21.9. The molecular weight excluding hydrogens is 272 g/mol. The Labute approximate surface area is 114 Å². The minimum Gasteiger partial charge on any atom is -0.479 e. The highest BCUT2D eigenvalue weighted by atomic mass is 35.5. The van der Waals surface area contributed by atoms with Gasteiger partial charge in [-0.3, -0.25) is 0 Å². The summed E-state index contributed by atoms with van der Waals surface area (Å²) in [5.41, 5.74) is -0.822. The van der Waals surface area contributed by atoms with Crippen molar-refractivity contribution in [2.75, 3.05) is 18.5 Å². The second-order valence-corrected chi connectivity index (χ2v) is 4.71. The Morgan fingerprint density at radius 2 is 2.00 bits per heavy atom. The molecule has 1 fully saturated rings. The zero-order valence-corrected chi connectivity index (χ0v) is 10.7. The number of hydrogen-bond donors (Lipinski definition) is 3. The second kappa shape index (κ2) is 5.46. The first-order chi connectivity index (χ1) is 9.02. The number of urea groups is 1. The molecule has 0 aromatic heterocycles. The highest BCUT2D eigenvalue weighted by molar-refractivity contribution is 6.30. The highest BCUT2D eigenvalue weighted by Crippen LogP contribution is 2.19. The Balaban J connectivity index is 2.00. The molecule has 1 heterocycles. The zero-order valence-electron chi connectivity index (χ0n) is 9.98. The summed E-state index contributed by atoms with van der Waals surface area (Å²) in [4.78, 5) is 23.0. The topological polar surface area (TPSA) is 87.7 Å². The molecule has 1 aliphatic heterocycles. The lowest BCUT2D eigenvalue weighted by atomic mass is 9.99. The van der Waals surface area contributed by atoms with Crippen LogP contribution in [-0.2, 0) is 9.53 Å². The average molecular weight is 285 g/mol. The van der Waals surface area contributed by atoms with Gasteiger partial charge >= 0.3 is 12.0 Å². The van der Waals surface area contributed by atoms with Crippen molar-refractivity contribution in [2.45, 2.75) is 12.0 Å². The lowest BCUT2D eigenvalue weighted by Crippen LogP contribution is -2.56. The Bertz CT molecular complexity index is 483. The highest BCUT2D eigenvalue weighted by Gasteiger charge is 2.44.